The summed E-state index contributed by atoms with van der Waals surface area (Å²) in [6, 6.07) is 9.49. The number of anilines is 1. The first-order valence-corrected chi connectivity index (χ1v) is 11.4. The van der Waals surface area contributed by atoms with Crippen molar-refractivity contribution in [3.05, 3.63) is 40.0 Å². The molecule has 1 saturated carbocycles. The van der Waals surface area contributed by atoms with Gasteiger partial charge in [-0.1, -0.05) is 57.4 Å². The van der Waals surface area contributed by atoms with Crippen LogP contribution in [0, 0.1) is 6.92 Å². The third-order valence-electron chi connectivity index (χ3n) is 6.00. The van der Waals surface area contributed by atoms with Crippen molar-refractivity contribution in [2.75, 3.05) is 11.9 Å². The highest BCUT2D eigenvalue weighted by Gasteiger charge is 2.25. The molecular formula is C23H28ClN3S. The summed E-state index contributed by atoms with van der Waals surface area (Å²) in [6.45, 7) is 6.64. The standard InChI is InChI=1S/C23H28ClN3S/c1-14(2)16-10-12-17(13-11-16)19-15(3)28-22-20(19)21(25-23(24)26-22)27(4)18-8-6-5-7-9-18/h10-14,18H,5-9H2,1-4H3. The highest BCUT2D eigenvalue weighted by molar-refractivity contribution is 7.19. The molecule has 0 N–H and O–H groups in total. The predicted octanol–water partition coefficient (Wildman–Crippen LogP) is 7.21. The van der Waals surface area contributed by atoms with Crippen molar-refractivity contribution < 1.29 is 0 Å². The van der Waals surface area contributed by atoms with Gasteiger partial charge in [-0.3, -0.25) is 0 Å². The van der Waals surface area contributed by atoms with Crippen molar-refractivity contribution in [2.24, 2.45) is 0 Å². The van der Waals surface area contributed by atoms with Crippen LogP contribution >= 0.6 is 22.9 Å². The molecule has 3 aromatic rings. The Bertz CT molecular complexity index is 972. The molecule has 0 bridgehead atoms. The number of hydrogen-bond acceptors (Lipinski definition) is 4. The number of rotatable bonds is 4. The van der Waals surface area contributed by atoms with Gasteiger partial charge in [0.1, 0.15) is 10.6 Å². The van der Waals surface area contributed by atoms with Crippen molar-refractivity contribution in [3.63, 3.8) is 0 Å². The maximum Gasteiger partial charge on any atom is 0.225 e. The van der Waals surface area contributed by atoms with Crippen molar-refractivity contribution in [3.8, 4) is 11.1 Å². The quantitative estimate of drug-likeness (QED) is 0.423. The van der Waals surface area contributed by atoms with Gasteiger partial charge in [-0.2, -0.15) is 4.98 Å². The molecular weight excluding hydrogens is 386 g/mol. The van der Waals surface area contributed by atoms with E-state index in [2.05, 4.69) is 62.0 Å². The van der Waals surface area contributed by atoms with Gasteiger partial charge in [0.15, 0.2) is 0 Å². The molecule has 2 aromatic heterocycles. The molecule has 0 unspecified atom stereocenters. The highest BCUT2D eigenvalue weighted by atomic mass is 35.5. The van der Waals surface area contributed by atoms with E-state index in [4.69, 9.17) is 16.6 Å². The fourth-order valence-electron chi connectivity index (χ4n) is 4.35. The number of halogens is 1. The molecule has 4 rings (SSSR count). The Labute approximate surface area is 176 Å². The van der Waals surface area contributed by atoms with Crippen LogP contribution in [0.4, 0.5) is 5.82 Å². The average molecular weight is 414 g/mol. The first kappa shape index (κ1) is 19.7. The van der Waals surface area contributed by atoms with Crippen LogP contribution in [0.5, 0.6) is 0 Å². The molecule has 2 heterocycles. The molecule has 0 atom stereocenters. The van der Waals surface area contributed by atoms with Crippen LogP contribution in [0.25, 0.3) is 21.3 Å². The van der Waals surface area contributed by atoms with Crippen molar-refractivity contribution in [1.82, 2.24) is 9.97 Å². The van der Waals surface area contributed by atoms with Gasteiger partial charge in [0.2, 0.25) is 5.28 Å². The molecule has 1 aromatic carbocycles. The van der Waals surface area contributed by atoms with Gasteiger partial charge in [0.25, 0.3) is 0 Å². The van der Waals surface area contributed by atoms with Crippen LogP contribution in [0.15, 0.2) is 24.3 Å². The summed E-state index contributed by atoms with van der Waals surface area (Å²) in [5, 5.41) is 1.49. The lowest BCUT2D eigenvalue weighted by Crippen LogP contribution is -2.34. The zero-order valence-electron chi connectivity index (χ0n) is 17.1. The second-order valence-electron chi connectivity index (χ2n) is 8.21. The average Bonchev–Trinajstić information content (AvgIpc) is 3.03. The maximum atomic E-state index is 6.33. The van der Waals surface area contributed by atoms with Gasteiger partial charge >= 0.3 is 0 Å². The third kappa shape index (κ3) is 3.65. The zero-order chi connectivity index (χ0) is 19.8. The molecule has 0 radical (unpaired) electrons. The lowest BCUT2D eigenvalue weighted by molar-refractivity contribution is 0.426. The van der Waals surface area contributed by atoms with E-state index in [1.54, 1.807) is 11.3 Å². The maximum absolute atomic E-state index is 6.33. The molecule has 1 aliphatic carbocycles. The smallest absolute Gasteiger partial charge is 0.225 e. The lowest BCUT2D eigenvalue weighted by Gasteiger charge is -2.32. The van der Waals surface area contributed by atoms with Gasteiger partial charge < -0.3 is 4.90 Å². The Morgan fingerprint density at radius 1 is 1.07 bits per heavy atom. The third-order valence-corrected chi connectivity index (χ3v) is 7.17. The monoisotopic (exact) mass is 413 g/mol. The van der Waals surface area contributed by atoms with E-state index in [1.807, 2.05) is 0 Å². The summed E-state index contributed by atoms with van der Waals surface area (Å²) in [6.07, 6.45) is 6.38. The fourth-order valence-corrected chi connectivity index (χ4v) is 5.60. The van der Waals surface area contributed by atoms with Crippen LogP contribution in [-0.2, 0) is 0 Å². The molecule has 148 valence electrons. The van der Waals surface area contributed by atoms with Gasteiger partial charge in [-0.15, -0.1) is 11.3 Å². The number of nitrogens with zero attached hydrogens (tertiary/aromatic N) is 3. The summed E-state index contributed by atoms with van der Waals surface area (Å²) in [5.41, 5.74) is 3.85. The first-order valence-electron chi connectivity index (χ1n) is 10.3. The summed E-state index contributed by atoms with van der Waals surface area (Å²) in [5.74, 6) is 1.51. The normalized spacial score (nSPS) is 15.5. The van der Waals surface area contributed by atoms with E-state index in [9.17, 15) is 0 Å². The van der Waals surface area contributed by atoms with Crippen LogP contribution < -0.4 is 4.90 Å². The molecule has 0 spiro atoms. The van der Waals surface area contributed by atoms with E-state index in [1.165, 1.54) is 53.7 Å². The summed E-state index contributed by atoms with van der Waals surface area (Å²) in [4.78, 5) is 13.9. The second kappa shape index (κ2) is 8.00. The summed E-state index contributed by atoms with van der Waals surface area (Å²) >= 11 is 8.04. The van der Waals surface area contributed by atoms with E-state index in [-0.39, 0.29) is 0 Å². The number of aromatic nitrogens is 2. The first-order chi connectivity index (χ1) is 13.5. The van der Waals surface area contributed by atoms with Gasteiger partial charge in [-0.25, -0.2) is 4.98 Å². The van der Waals surface area contributed by atoms with E-state index < -0.39 is 0 Å². The second-order valence-corrected chi connectivity index (χ2v) is 9.75. The minimum absolute atomic E-state index is 0.341. The Morgan fingerprint density at radius 3 is 2.39 bits per heavy atom. The Morgan fingerprint density at radius 2 is 1.75 bits per heavy atom. The predicted molar refractivity (Wildman–Crippen MR) is 122 cm³/mol. The van der Waals surface area contributed by atoms with Crippen molar-refractivity contribution in [2.45, 2.75) is 64.8 Å². The van der Waals surface area contributed by atoms with E-state index in [0.29, 0.717) is 17.2 Å². The van der Waals surface area contributed by atoms with Crippen molar-refractivity contribution >= 4 is 39.0 Å². The summed E-state index contributed by atoms with van der Waals surface area (Å²) in [7, 11) is 2.17. The lowest BCUT2D eigenvalue weighted by atomic mass is 9.94. The largest absolute Gasteiger partial charge is 0.356 e. The number of aryl methyl sites for hydroxylation is 1. The van der Waals surface area contributed by atoms with Gasteiger partial charge in [0.05, 0.1) is 5.39 Å². The summed E-state index contributed by atoms with van der Waals surface area (Å²) < 4.78 is 0. The minimum atomic E-state index is 0.341. The van der Waals surface area contributed by atoms with Crippen LogP contribution in [0.1, 0.15) is 62.3 Å². The fraction of sp³-hybridized carbons (Fsp3) is 0.478. The van der Waals surface area contributed by atoms with Crippen LogP contribution in [0.3, 0.4) is 0 Å². The van der Waals surface area contributed by atoms with E-state index in [0.717, 1.165) is 16.0 Å². The molecule has 0 aliphatic heterocycles. The Hall–Kier alpha value is -1.65. The number of fused-ring (bicyclic) bond motifs is 1. The number of benzene rings is 1. The van der Waals surface area contributed by atoms with Gasteiger partial charge in [-0.05, 0) is 48.4 Å². The molecule has 5 heteroatoms. The Balaban J connectivity index is 1.86. The molecule has 3 nitrogen and oxygen atoms in total. The van der Waals surface area contributed by atoms with Crippen molar-refractivity contribution in [1.29, 1.82) is 0 Å². The minimum Gasteiger partial charge on any atom is -0.356 e. The molecule has 1 aliphatic rings. The topological polar surface area (TPSA) is 29.0 Å². The highest BCUT2D eigenvalue weighted by Crippen LogP contribution is 2.43. The molecule has 28 heavy (non-hydrogen) atoms. The van der Waals surface area contributed by atoms with Crippen LogP contribution in [-0.4, -0.2) is 23.1 Å². The number of thiophene rings is 1. The molecule has 0 amide bonds. The zero-order valence-corrected chi connectivity index (χ0v) is 18.7. The molecule has 0 saturated heterocycles. The number of hydrogen-bond donors (Lipinski definition) is 0. The Kier molecular flexibility index (Phi) is 5.62. The van der Waals surface area contributed by atoms with Gasteiger partial charge in [0, 0.05) is 23.5 Å². The van der Waals surface area contributed by atoms with Crippen LogP contribution in [0.2, 0.25) is 5.28 Å². The SMILES string of the molecule is Cc1sc2nc(Cl)nc(N(C)C3CCCCC3)c2c1-c1ccc(C(C)C)cc1. The van der Waals surface area contributed by atoms with E-state index >= 15 is 0 Å². The molecule has 1 fully saturated rings.